The van der Waals surface area contributed by atoms with Crippen molar-refractivity contribution >= 4 is 6.03 Å². The van der Waals surface area contributed by atoms with E-state index in [1.54, 1.807) is 25.2 Å². The van der Waals surface area contributed by atoms with Gasteiger partial charge in [-0.2, -0.15) is 0 Å². The number of urea groups is 1. The second-order valence-electron chi connectivity index (χ2n) is 6.09. The highest BCUT2D eigenvalue weighted by Crippen LogP contribution is 2.29. The fourth-order valence-electron chi connectivity index (χ4n) is 2.61. The summed E-state index contributed by atoms with van der Waals surface area (Å²) >= 11 is 0. The zero-order valence-corrected chi connectivity index (χ0v) is 16.4. The van der Waals surface area contributed by atoms with Gasteiger partial charge >= 0.3 is 12.4 Å². The monoisotopic (exact) mass is 412 g/mol. The molecule has 0 spiro atoms. The fourth-order valence-corrected chi connectivity index (χ4v) is 2.61. The molecule has 2 aromatic carbocycles. The molecule has 0 heterocycles. The van der Waals surface area contributed by atoms with Gasteiger partial charge < -0.3 is 24.4 Å². The van der Waals surface area contributed by atoms with Gasteiger partial charge in [0.05, 0.1) is 13.7 Å². The normalized spacial score (nSPS) is 11.0. The highest BCUT2D eigenvalue weighted by Gasteiger charge is 2.32. The third-order valence-corrected chi connectivity index (χ3v) is 3.92. The van der Waals surface area contributed by atoms with Crippen molar-refractivity contribution in [1.82, 2.24) is 10.2 Å². The van der Waals surface area contributed by atoms with E-state index in [0.717, 1.165) is 5.56 Å². The largest absolute Gasteiger partial charge is 0.573 e. The second-order valence-corrected chi connectivity index (χ2v) is 6.09. The van der Waals surface area contributed by atoms with E-state index in [-0.39, 0.29) is 24.4 Å². The highest BCUT2D eigenvalue weighted by atomic mass is 19.4. The highest BCUT2D eigenvalue weighted by molar-refractivity contribution is 5.74. The first-order valence-corrected chi connectivity index (χ1v) is 8.85. The Hall–Kier alpha value is -3.10. The Morgan fingerprint density at radius 3 is 2.48 bits per heavy atom. The number of halogens is 3. The van der Waals surface area contributed by atoms with Crippen molar-refractivity contribution in [3.8, 4) is 17.2 Å². The van der Waals surface area contributed by atoms with Crippen LogP contribution in [0, 0.1) is 0 Å². The minimum Gasteiger partial charge on any atom is -0.493 e. The van der Waals surface area contributed by atoms with Crippen molar-refractivity contribution < 1.29 is 32.2 Å². The molecule has 0 aliphatic rings. The van der Waals surface area contributed by atoms with Crippen LogP contribution in [0.3, 0.4) is 0 Å². The van der Waals surface area contributed by atoms with Crippen LogP contribution in [-0.4, -0.2) is 38.1 Å². The Labute approximate surface area is 167 Å². The predicted octanol–water partition coefficient (Wildman–Crippen LogP) is 4.33. The molecule has 0 fully saturated rings. The molecule has 0 aliphatic carbocycles. The lowest BCUT2D eigenvalue weighted by molar-refractivity contribution is -0.274. The van der Waals surface area contributed by atoms with Gasteiger partial charge in [-0.15, -0.1) is 13.2 Å². The Morgan fingerprint density at radius 2 is 1.83 bits per heavy atom. The summed E-state index contributed by atoms with van der Waals surface area (Å²) in [7, 11) is 3.11. The molecule has 6 nitrogen and oxygen atoms in total. The molecule has 0 saturated heterocycles. The number of para-hydroxylation sites is 1. The summed E-state index contributed by atoms with van der Waals surface area (Å²) in [6.07, 6.45) is -4.80. The zero-order valence-electron chi connectivity index (χ0n) is 16.4. The maximum Gasteiger partial charge on any atom is 0.573 e. The molecular weight excluding hydrogens is 389 g/mol. The van der Waals surface area contributed by atoms with E-state index in [0.29, 0.717) is 18.1 Å². The number of rotatable bonds is 8. The molecule has 1 N–H and O–H groups in total. The van der Waals surface area contributed by atoms with Crippen LogP contribution in [0.5, 0.6) is 17.2 Å². The molecule has 0 radical (unpaired) electrons. The summed E-state index contributed by atoms with van der Waals surface area (Å²) < 4.78 is 52.2. The van der Waals surface area contributed by atoms with Crippen LogP contribution in [0.15, 0.2) is 42.5 Å². The number of nitrogens with one attached hydrogen (secondary N) is 1. The lowest BCUT2D eigenvalue weighted by Crippen LogP contribution is -2.36. The molecule has 0 saturated carbocycles. The van der Waals surface area contributed by atoms with Gasteiger partial charge in [-0.1, -0.05) is 24.3 Å². The number of alkyl halides is 3. The Morgan fingerprint density at radius 1 is 1.10 bits per heavy atom. The van der Waals surface area contributed by atoms with Crippen LogP contribution in [0.1, 0.15) is 18.1 Å². The Bertz CT molecular complexity index is 828. The number of ether oxygens (including phenoxy) is 3. The molecule has 2 rings (SSSR count). The van der Waals surface area contributed by atoms with Gasteiger partial charge in [-0.05, 0) is 30.7 Å². The third-order valence-electron chi connectivity index (χ3n) is 3.92. The molecule has 0 bridgehead atoms. The van der Waals surface area contributed by atoms with Crippen molar-refractivity contribution in [3.63, 3.8) is 0 Å². The van der Waals surface area contributed by atoms with Crippen molar-refractivity contribution in [2.75, 3.05) is 20.8 Å². The van der Waals surface area contributed by atoms with Crippen LogP contribution >= 0.6 is 0 Å². The average Bonchev–Trinajstić information content (AvgIpc) is 2.67. The van der Waals surface area contributed by atoms with Gasteiger partial charge in [0.1, 0.15) is 5.75 Å². The summed E-state index contributed by atoms with van der Waals surface area (Å²) in [5.74, 6) is 0.808. The van der Waals surface area contributed by atoms with E-state index in [9.17, 15) is 18.0 Å². The topological polar surface area (TPSA) is 60.0 Å². The fraction of sp³-hybridized carbons (Fsp3) is 0.350. The smallest absolute Gasteiger partial charge is 0.493 e. The number of hydrogen-bond acceptors (Lipinski definition) is 4. The first-order chi connectivity index (χ1) is 13.7. The summed E-state index contributed by atoms with van der Waals surface area (Å²) in [6, 6.07) is 10.5. The Kier molecular flexibility index (Phi) is 7.58. The predicted molar refractivity (Wildman–Crippen MR) is 101 cm³/mol. The zero-order chi connectivity index (χ0) is 21.4. The quantitative estimate of drug-likeness (QED) is 0.701. The molecule has 9 heteroatoms. The van der Waals surface area contributed by atoms with Crippen molar-refractivity contribution in [2.45, 2.75) is 26.4 Å². The number of amides is 2. The van der Waals surface area contributed by atoms with Gasteiger partial charge in [-0.3, -0.25) is 0 Å². The molecule has 2 amide bonds. The summed E-state index contributed by atoms with van der Waals surface area (Å²) in [4.78, 5) is 13.7. The van der Waals surface area contributed by atoms with Gasteiger partial charge in [-0.25, -0.2) is 4.79 Å². The van der Waals surface area contributed by atoms with Gasteiger partial charge in [0.15, 0.2) is 11.5 Å². The first kappa shape index (κ1) is 22.2. The van der Waals surface area contributed by atoms with Gasteiger partial charge in [0, 0.05) is 25.7 Å². The van der Waals surface area contributed by atoms with Crippen molar-refractivity contribution in [2.24, 2.45) is 0 Å². The van der Waals surface area contributed by atoms with Crippen molar-refractivity contribution in [3.05, 3.63) is 53.6 Å². The van der Waals surface area contributed by atoms with E-state index in [1.165, 1.54) is 30.2 Å². The minimum absolute atomic E-state index is 0.109. The molecule has 0 aromatic heterocycles. The number of benzene rings is 2. The second kappa shape index (κ2) is 9.90. The lowest BCUT2D eigenvalue weighted by Gasteiger charge is -2.20. The number of methoxy groups -OCH3 is 1. The van der Waals surface area contributed by atoms with Crippen molar-refractivity contribution in [1.29, 1.82) is 0 Å². The summed E-state index contributed by atoms with van der Waals surface area (Å²) in [5, 5.41) is 2.59. The Balaban J connectivity index is 1.98. The number of hydrogen-bond donors (Lipinski definition) is 1. The molecule has 2 aromatic rings. The van der Waals surface area contributed by atoms with E-state index in [1.807, 2.05) is 13.0 Å². The maximum atomic E-state index is 12.5. The molecule has 0 aliphatic heterocycles. The average molecular weight is 412 g/mol. The third kappa shape index (κ3) is 6.78. The molecule has 158 valence electrons. The number of carbonyl (C=O) groups is 1. The van der Waals surface area contributed by atoms with Gasteiger partial charge in [0.25, 0.3) is 0 Å². The van der Waals surface area contributed by atoms with E-state index in [4.69, 9.17) is 9.47 Å². The van der Waals surface area contributed by atoms with E-state index >= 15 is 0 Å². The molecule has 0 unspecified atom stereocenters. The van der Waals surface area contributed by atoms with Crippen LogP contribution in [0.25, 0.3) is 0 Å². The minimum atomic E-state index is -4.80. The van der Waals surface area contributed by atoms with Crippen LogP contribution in [-0.2, 0) is 13.1 Å². The summed E-state index contributed by atoms with van der Waals surface area (Å²) in [5.41, 5.74) is 1.03. The SMILES string of the molecule is CCOc1ccc(CN(C)C(=O)NCc2ccccc2OC(F)(F)F)cc1OC. The van der Waals surface area contributed by atoms with Crippen LogP contribution < -0.4 is 19.5 Å². The summed E-state index contributed by atoms with van der Waals surface area (Å²) in [6.45, 7) is 2.53. The standard InChI is InChI=1S/C20H23F3N2O4/c1-4-28-17-10-9-14(11-18(17)27-3)13-25(2)19(26)24-12-15-7-5-6-8-16(15)29-20(21,22)23/h5-11H,4,12-13H2,1-3H3,(H,24,26). The number of carbonyl (C=O) groups excluding carboxylic acids is 1. The lowest BCUT2D eigenvalue weighted by atomic mass is 10.2. The van der Waals surface area contributed by atoms with E-state index < -0.39 is 12.4 Å². The first-order valence-electron chi connectivity index (χ1n) is 8.85. The van der Waals surface area contributed by atoms with Crippen LogP contribution in [0.4, 0.5) is 18.0 Å². The van der Waals surface area contributed by atoms with E-state index in [2.05, 4.69) is 10.1 Å². The van der Waals surface area contributed by atoms with Crippen LogP contribution in [0.2, 0.25) is 0 Å². The molecule has 29 heavy (non-hydrogen) atoms. The number of nitrogens with zero attached hydrogens (tertiary/aromatic N) is 1. The molecule has 0 atom stereocenters. The maximum absolute atomic E-state index is 12.5. The van der Waals surface area contributed by atoms with Gasteiger partial charge in [0.2, 0.25) is 0 Å². The molecular formula is C20H23F3N2O4.